The van der Waals surface area contributed by atoms with Crippen LogP contribution in [0.1, 0.15) is 25.1 Å². The molecule has 154 valence electrons. The van der Waals surface area contributed by atoms with E-state index >= 15 is 0 Å². The zero-order valence-corrected chi connectivity index (χ0v) is 16.2. The number of nitro benzene ring substituents is 1. The van der Waals surface area contributed by atoms with E-state index in [2.05, 4.69) is 5.10 Å². The molecular weight excluding hydrogens is 376 g/mol. The average Bonchev–Trinajstić information content (AvgIpc) is 2.89. The molecule has 29 heavy (non-hydrogen) atoms. The summed E-state index contributed by atoms with van der Waals surface area (Å²) in [7, 11) is 0. The number of carbonyl (C=O) groups is 1. The van der Waals surface area contributed by atoms with Crippen molar-refractivity contribution in [2.75, 3.05) is 31.1 Å². The van der Waals surface area contributed by atoms with Crippen LogP contribution < -0.4 is 10.6 Å². The van der Waals surface area contributed by atoms with Gasteiger partial charge in [0.2, 0.25) is 5.91 Å². The largest absolute Gasteiger partial charge is 0.368 e. The molecule has 1 aromatic heterocycles. The van der Waals surface area contributed by atoms with Crippen molar-refractivity contribution < 1.29 is 9.72 Å². The Hall–Kier alpha value is -3.17. The van der Waals surface area contributed by atoms with Gasteiger partial charge < -0.3 is 9.80 Å². The second-order valence-corrected chi connectivity index (χ2v) is 7.46. The van der Waals surface area contributed by atoms with Gasteiger partial charge in [-0.05, 0) is 18.9 Å². The van der Waals surface area contributed by atoms with E-state index in [1.165, 1.54) is 10.7 Å². The minimum Gasteiger partial charge on any atom is -0.368 e. The number of hydrogen-bond donors (Lipinski definition) is 0. The number of rotatable bonds is 4. The lowest BCUT2D eigenvalue weighted by Crippen LogP contribution is -2.50. The molecule has 1 saturated heterocycles. The summed E-state index contributed by atoms with van der Waals surface area (Å²) < 4.78 is 2.98. The van der Waals surface area contributed by atoms with Gasteiger partial charge in [0.05, 0.1) is 4.92 Å². The average molecular weight is 400 g/mol. The Bertz CT molecular complexity index is 973. The lowest BCUT2D eigenvalue weighted by Gasteiger charge is -2.36. The van der Waals surface area contributed by atoms with Crippen LogP contribution in [0.4, 0.5) is 11.4 Å². The second-order valence-electron chi connectivity index (χ2n) is 7.46. The van der Waals surface area contributed by atoms with E-state index in [4.69, 9.17) is 0 Å². The first-order chi connectivity index (χ1) is 14.0. The van der Waals surface area contributed by atoms with E-state index in [1.54, 1.807) is 21.6 Å². The van der Waals surface area contributed by atoms with Gasteiger partial charge in [-0.3, -0.25) is 19.5 Å². The van der Waals surface area contributed by atoms with Crippen LogP contribution in [-0.4, -0.2) is 56.3 Å². The number of carbonyl (C=O) groups excluding carboxylic acids is 1. The number of piperazine rings is 1. The molecule has 0 N–H and O–H groups in total. The van der Waals surface area contributed by atoms with Crippen molar-refractivity contribution in [1.82, 2.24) is 19.2 Å². The molecule has 1 fully saturated rings. The molecule has 3 heterocycles. The number of nitrogens with zero attached hydrogens (tertiary/aromatic N) is 6. The Morgan fingerprint density at radius 2 is 1.90 bits per heavy atom. The maximum absolute atomic E-state index is 12.7. The van der Waals surface area contributed by atoms with Gasteiger partial charge in [-0.25, -0.2) is 9.48 Å². The number of benzene rings is 1. The summed E-state index contributed by atoms with van der Waals surface area (Å²) in [6, 6.07) is 6.52. The lowest BCUT2D eigenvalue weighted by atomic mass is 10.2. The predicted molar refractivity (Wildman–Crippen MR) is 106 cm³/mol. The molecular formula is C19H24N6O4. The van der Waals surface area contributed by atoms with Crippen LogP contribution in [0, 0.1) is 10.1 Å². The van der Waals surface area contributed by atoms with Gasteiger partial charge in [0.1, 0.15) is 12.4 Å². The van der Waals surface area contributed by atoms with Gasteiger partial charge in [0, 0.05) is 57.0 Å². The van der Waals surface area contributed by atoms with Gasteiger partial charge in [0.25, 0.3) is 5.69 Å². The summed E-state index contributed by atoms with van der Waals surface area (Å²) >= 11 is 0. The van der Waals surface area contributed by atoms with Crippen molar-refractivity contribution in [3.8, 4) is 0 Å². The molecule has 4 rings (SSSR count). The second kappa shape index (κ2) is 8.06. The van der Waals surface area contributed by atoms with E-state index in [1.807, 2.05) is 11.0 Å². The van der Waals surface area contributed by atoms with Crippen molar-refractivity contribution in [2.45, 2.75) is 38.8 Å². The third kappa shape index (κ3) is 4.01. The molecule has 0 atom stereocenters. The summed E-state index contributed by atoms with van der Waals surface area (Å²) in [6.45, 7) is 2.80. The fourth-order valence-electron chi connectivity index (χ4n) is 3.97. The monoisotopic (exact) mass is 400 g/mol. The highest BCUT2D eigenvalue weighted by molar-refractivity contribution is 5.76. The fraction of sp³-hybridized carbons (Fsp3) is 0.526. The van der Waals surface area contributed by atoms with Gasteiger partial charge in [0.15, 0.2) is 0 Å². The first-order valence-electron chi connectivity index (χ1n) is 9.96. The molecule has 0 unspecified atom stereocenters. The van der Waals surface area contributed by atoms with Crippen molar-refractivity contribution >= 4 is 17.3 Å². The Labute approximate surface area is 167 Å². The maximum Gasteiger partial charge on any atom is 0.346 e. The summed E-state index contributed by atoms with van der Waals surface area (Å²) in [5, 5.41) is 15.3. The molecule has 2 aromatic rings. The normalized spacial score (nSPS) is 17.0. The van der Waals surface area contributed by atoms with Gasteiger partial charge >= 0.3 is 5.69 Å². The zero-order valence-electron chi connectivity index (χ0n) is 16.2. The van der Waals surface area contributed by atoms with Gasteiger partial charge in [-0.15, -0.1) is 0 Å². The van der Waals surface area contributed by atoms with Crippen molar-refractivity contribution in [3.05, 3.63) is 50.7 Å². The molecule has 0 bridgehead atoms. The minimum atomic E-state index is -0.409. The quantitative estimate of drug-likeness (QED) is 0.560. The number of amides is 1. The molecule has 10 heteroatoms. The fourth-order valence-corrected chi connectivity index (χ4v) is 3.97. The summed E-state index contributed by atoms with van der Waals surface area (Å²) in [6.07, 6.45) is 3.85. The molecule has 2 aliphatic rings. The van der Waals surface area contributed by atoms with Crippen LogP contribution >= 0.6 is 0 Å². The highest BCUT2D eigenvalue weighted by atomic mass is 16.6. The number of fused-ring (bicyclic) bond motifs is 1. The van der Waals surface area contributed by atoms with Gasteiger partial charge in [-0.1, -0.05) is 12.5 Å². The van der Waals surface area contributed by atoms with Crippen molar-refractivity contribution in [3.63, 3.8) is 0 Å². The number of anilines is 1. The SMILES string of the molecule is O=C(Cn1nc2n(c1=O)CCCCC2)N1CCN(c2cccc([N+](=O)[O-])c2)CC1. The summed E-state index contributed by atoms with van der Waals surface area (Å²) in [5.41, 5.74) is 0.630. The van der Waals surface area contributed by atoms with Crippen LogP contribution in [-0.2, 0) is 24.3 Å². The lowest BCUT2D eigenvalue weighted by molar-refractivity contribution is -0.384. The van der Waals surface area contributed by atoms with Crippen LogP contribution in [0.5, 0.6) is 0 Å². The third-order valence-corrected chi connectivity index (χ3v) is 5.60. The van der Waals surface area contributed by atoms with Crippen molar-refractivity contribution in [2.24, 2.45) is 0 Å². The highest BCUT2D eigenvalue weighted by Gasteiger charge is 2.24. The number of aryl methyl sites for hydroxylation is 1. The Morgan fingerprint density at radius 3 is 2.66 bits per heavy atom. The molecule has 2 aliphatic heterocycles. The van der Waals surface area contributed by atoms with Gasteiger partial charge in [-0.2, -0.15) is 5.10 Å². The van der Waals surface area contributed by atoms with E-state index in [0.29, 0.717) is 32.7 Å². The minimum absolute atomic E-state index is 0.0460. The van der Waals surface area contributed by atoms with Crippen LogP contribution in [0.25, 0.3) is 0 Å². The summed E-state index contributed by atoms with van der Waals surface area (Å²) in [4.78, 5) is 39.6. The zero-order chi connectivity index (χ0) is 20.4. The number of hydrogen-bond acceptors (Lipinski definition) is 6. The van der Waals surface area contributed by atoms with Crippen LogP contribution in [0.3, 0.4) is 0 Å². The molecule has 0 aliphatic carbocycles. The van der Waals surface area contributed by atoms with Crippen LogP contribution in [0.15, 0.2) is 29.1 Å². The summed E-state index contributed by atoms with van der Waals surface area (Å²) in [5.74, 6) is 0.648. The highest BCUT2D eigenvalue weighted by Crippen LogP contribution is 2.22. The Balaban J connectivity index is 1.38. The van der Waals surface area contributed by atoms with E-state index in [0.717, 1.165) is 37.2 Å². The number of nitro groups is 1. The maximum atomic E-state index is 12.7. The Kier molecular flexibility index (Phi) is 5.32. The van der Waals surface area contributed by atoms with Crippen molar-refractivity contribution in [1.29, 1.82) is 0 Å². The molecule has 0 saturated carbocycles. The molecule has 0 spiro atoms. The molecule has 1 aromatic carbocycles. The topological polar surface area (TPSA) is 107 Å². The predicted octanol–water partition coefficient (Wildman–Crippen LogP) is 1.03. The number of aromatic nitrogens is 3. The molecule has 0 radical (unpaired) electrons. The first-order valence-corrected chi connectivity index (χ1v) is 9.96. The van der Waals surface area contributed by atoms with Crippen LogP contribution in [0.2, 0.25) is 0 Å². The number of non-ortho nitro benzene ring substituents is 1. The first kappa shape index (κ1) is 19.2. The standard InChI is InChI=1S/C19H24N6O4/c26-18(14-24-19(27)23-8-3-1-2-7-17(23)20-24)22-11-9-21(10-12-22)15-5-4-6-16(13-15)25(28)29/h4-6,13H,1-3,7-12,14H2. The molecule has 1 amide bonds. The van der Waals surface area contributed by atoms with E-state index < -0.39 is 4.92 Å². The smallest absolute Gasteiger partial charge is 0.346 e. The molecule has 10 nitrogen and oxygen atoms in total. The third-order valence-electron chi connectivity index (χ3n) is 5.60. The van der Waals surface area contributed by atoms with E-state index in [-0.39, 0.29) is 23.8 Å². The Morgan fingerprint density at radius 1 is 1.10 bits per heavy atom. The van der Waals surface area contributed by atoms with E-state index in [9.17, 15) is 19.7 Å².